The zero-order valence-electron chi connectivity index (χ0n) is 7.93. The molecule has 0 atom stereocenters. The van der Waals surface area contributed by atoms with Gasteiger partial charge in [0.15, 0.2) is 0 Å². The summed E-state index contributed by atoms with van der Waals surface area (Å²) in [6.45, 7) is 5.54. The lowest BCUT2D eigenvalue weighted by Gasteiger charge is -2.20. The summed E-state index contributed by atoms with van der Waals surface area (Å²) in [4.78, 5) is 2.32. The quantitative estimate of drug-likeness (QED) is 0.652. The Morgan fingerprint density at radius 2 is 1.83 bits per heavy atom. The van der Waals surface area contributed by atoms with Gasteiger partial charge in [-0.1, -0.05) is 29.3 Å². The maximum atomic E-state index is 8.78. The minimum Gasteiger partial charge on any atom is -0.395 e. The van der Waals surface area contributed by atoms with E-state index in [-0.39, 0.29) is 6.61 Å². The Kier molecular flexibility index (Phi) is 9.80. The number of nitrogens with zero attached hydrogens (tertiary/aromatic N) is 1. The molecule has 1 N–H and O–H groups in total. The van der Waals surface area contributed by atoms with Crippen LogP contribution in [0.5, 0.6) is 0 Å². The predicted molar refractivity (Wildman–Crippen MR) is 56.8 cm³/mol. The molecular formula is C9H20BrNO. The van der Waals surface area contributed by atoms with Crippen LogP contribution in [0.15, 0.2) is 0 Å². The van der Waals surface area contributed by atoms with E-state index in [2.05, 4.69) is 27.8 Å². The first-order chi connectivity index (χ1) is 5.85. The van der Waals surface area contributed by atoms with E-state index < -0.39 is 0 Å². The van der Waals surface area contributed by atoms with Crippen LogP contribution in [0, 0.1) is 0 Å². The van der Waals surface area contributed by atoms with Crippen molar-refractivity contribution in [3.05, 3.63) is 0 Å². The van der Waals surface area contributed by atoms with Gasteiger partial charge in [-0.25, -0.2) is 0 Å². The van der Waals surface area contributed by atoms with Crippen molar-refractivity contribution in [3.63, 3.8) is 0 Å². The van der Waals surface area contributed by atoms with E-state index >= 15 is 0 Å². The van der Waals surface area contributed by atoms with E-state index in [1.807, 2.05) is 0 Å². The molecule has 0 saturated heterocycles. The standard InChI is InChI=1S/C9H20BrNO/c1-2-3-6-11(8-9-12)7-4-5-10/h12H,2-9H2,1H3. The zero-order valence-corrected chi connectivity index (χ0v) is 9.52. The maximum Gasteiger partial charge on any atom is 0.0558 e. The van der Waals surface area contributed by atoms with E-state index in [4.69, 9.17) is 5.11 Å². The van der Waals surface area contributed by atoms with Crippen molar-refractivity contribution in [1.82, 2.24) is 4.90 Å². The summed E-state index contributed by atoms with van der Waals surface area (Å²) >= 11 is 3.41. The molecule has 0 spiro atoms. The van der Waals surface area contributed by atoms with Crippen LogP contribution in [-0.4, -0.2) is 41.6 Å². The van der Waals surface area contributed by atoms with Crippen molar-refractivity contribution < 1.29 is 5.11 Å². The SMILES string of the molecule is CCCCN(CCO)CCCBr. The normalized spacial score (nSPS) is 11.0. The van der Waals surface area contributed by atoms with Gasteiger partial charge in [0.1, 0.15) is 0 Å². The Morgan fingerprint density at radius 3 is 2.33 bits per heavy atom. The number of hydrogen-bond donors (Lipinski definition) is 1. The lowest BCUT2D eigenvalue weighted by molar-refractivity contribution is 0.194. The van der Waals surface area contributed by atoms with Crippen LogP contribution in [0.3, 0.4) is 0 Å². The molecular weight excluding hydrogens is 218 g/mol. The molecule has 3 heteroatoms. The van der Waals surface area contributed by atoms with Crippen molar-refractivity contribution in [3.8, 4) is 0 Å². The molecule has 0 radical (unpaired) electrons. The number of unbranched alkanes of at least 4 members (excludes halogenated alkanes) is 1. The van der Waals surface area contributed by atoms with Crippen LogP contribution in [0.2, 0.25) is 0 Å². The Morgan fingerprint density at radius 1 is 1.17 bits per heavy atom. The second-order valence-electron chi connectivity index (χ2n) is 2.96. The van der Waals surface area contributed by atoms with Gasteiger partial charge >= 0.3 is 0 Å². The highest BCUT2D eigenvalue weighted by Crippen LogP contribution is 1.97. The number of aliphatic hydroxyl groups is 1. The smallest absolute Gasteiger partial charge is 0.0558 e. The number of halogens is 1. The van der Waals surface area contributed by atoms with E-state index in [0.717, 1.165) is 25.0 Å². The van der Waals surface area contributed by atoms with Crippen LogP contribution in [0.4, 0.5) is 0 Å². The maximum absolute atomic E-state index is 8.78. The fourth-order valence-electron chi connectivity index (χ4n) is 1.14. The summed E-state index contributed by atoms with van der Waals surface area (Å²) in [6.07, 6.45) is 3.64. The monoisotopic (exact) mass is 237 g/mol. The van der Waals surface area contributed by atoms with E-state index in [0.29, 0.717) is 0 Å². The highest BCUT2D eigenvalue weighted by atomic mass is 79.9. The molecule has 0 bridgehead atoms. The Bertz CT molecular complexity index is 82.6. The first kappa shape index (κ1) is 12.4. The number of hydrogen-bond acceptors (Lipinski definition) is 2. The number of rotatable bonds is 8. The van der Waals surface area contributed by atoms with Gasteiger partial charge in [0.2, 0.25) is 0 Å². The molecule has 74 valence electrons. The average Bonchev–Trinajstić information content (AvgIpc) is 2.10. The summed E-state index contributed by atoms with van der Waals surface area (Å²) in [5.41, 5.74) is 0. The molecule has 0 amide bonds. The summed E-state index contributed by atoms with van der Waals surface area (Å²) in [6, 6.07) is 0. The second kappa shape index (κ2) is 9.49. The molecule has 0 aliphatic carbocycles. The van der Waals surface area contributed by atoms with Crippen LogP contribution >= 0.6 is 15.9 Å². The lowest BCUT2D eigenvalue weighted by atomic mass is 10.3. The Hall–Kier alpha value is 0.400. The highest BCUT2D eigenvalue weighted by molar-refractivity contribution is 9.09. The molecule has 12 heavy (non-hydrogen) atoms. The fraction of sp³-hybridized carbons (Fsp3) is 1.00. The fourth-order valence-corrected chi connectivity index (χ4v) is 1.39. The van der Waals surface area contributed by atoms with Gasteiger partial charge in [-0.05, 0) is 25.9 Å². The summed E-state index contributed by atoms with van der Waals surface area (Å²) in [7, 11) is 0. The zero-order chi connectivity index (χ0) is 9.23. The first-order valence-corrected chi connectivity index (χ1v) is 5.86. The Balaban J connectivity index is 3.40. The van der Waals surface area contributed by atoms with Crippen LogP contribution < -0.4 is 0 Å². The minimum atomic E-state index is 0.284. The molecule has 0 rings (SSSR count). The molecule has 0 aliphatic heterocycles. The third-order valence-corrected chi connectivity index (χ3v) is 2.41. The molecule has 0 aromatic rings. The molecule has 0 fully saturated rings. The molecule has 0 aliphatic rings. The van der Waals surface area contributed by atoms with Gasteiger partial charge in [-0.3, -0.25) is 0 Å². The van der Waals surface area contributed by atoms with Gasteiger partial charge in [0.05, 0.1) is 6.61 Å². The topological polar surface area (TPSA) is 23.5 Å². The lowest BCUT2D eigenvalue weighted by Crippen LogP contribution is -2.29. The van der Waals surface area contributed by atoms with E-state index in [1.54, 1.807) is 0 Å². The molecule has 0 heterocycles. The molecule has 0 saturated carbocycles. The number of alkyl halides is 1. The van der Waals surface area contributed by atoms with Crippen LogP contribution in [-0.2, 0) is 0 Å². The van der Waals surface area contributed by atoms with Crippen molar-refractivity contribution >= 4 is 15.9 Å². The van der Waals surface area contributed by atoms with Crippen LogP contribution in [0.25, 0.3) is 0 Å². The van der Waals surface area contributed by atoms with E-state index in [1.165, 1.54) is 19.3 Å². The molecule has 2 nitrogen and oxygen atoms in total. The minimum absolute atomic E-state index is 0.284. The van der Waals surface area contributed by atoms with Crippen LogP contribution in [0.1, 0.15) is 26.2 Å². The first-order valence-electron chi connectivity index (χ1n) is 4.74. The van der Waals surface area contributed by atoms with Crippen molar-refractivity contribution in [2.45, 2.75) is 26.2 Å². The summed E-state index contributed by atoms with van der Waals surface area (Å²) in [5.74, 6) is 0. The van der Waals surface area contributed by atoms with Gasteiger partial charge < -0.3 is 10.0 Å². The summed E-state index contributed by atoms with van der Waals surface area (Å²) in [5, 5.41) is 9.84. The van der Waals surface area contributed by atoms with Gasteiger partial charge in [-0.2, -0.15) is 0 Å². The summed E-state index contributed by atoms with van der Waals surface area (Å²) < 4.78 is 0. The third-order valence-electron chi connectivity index (χ3n) is 1.85. The predicted octanol–water partition coefficient (Wildman–Crippen LogP) is 1.87. The number of aliphatic hydroxyl groups excluding tert-OH is 1. The second-order valence-corrected chi connectivity index (χ2v) is 3.75. The van der Waals surface area contributed by atoms with Gasteiger partial charge in [-0.15, -0.1) is 0 Å². The highest BCUT2D eigenvalue weighted by Gasteiger charge is 2.01. The molecule has 0 aromatic heterocycles. The third kappa shape index (κ3) is 7.07. The largest absolute Gasteiger partial charge is 0.395 e. The molecule has 0 aromatic carbocycles. The van der Waals surface area contributed by atoms with Crippen molar-refractivity contribution in [2.24, 2.45) is 0 Å². The average molecular weight is 238 g/mol. The van der Waals surface area contributed by atoms with E-state index in [9.17, 15) is 0 Å². The van der Waals surface area contributed by atoms with Gasteiger partial charge in [0.25, 0.3) is 0 Å². The van der Waals surface area contributed by atoms with Gasteiger partial charge in [0, 0.05) is 11.9 Å². The Labute approximate surface area is 84.1 Å². The molecule has 0 unspecified atom stereocenters. The van der Waals surface area contributed by atoms with Crippen molar-refractivity contribution in [1.29, 1.82) is 0 Å². The van der Waals surface area contributed by atoms with Crippen molar-refractivity contribution in [2.75, 3.05) is 31.6 Å².